The number of aryl methyl sites for hydroxylation is 1. The van der Waals surface area contributed by atoms with Gasteiger partial charge in [0, 0.05) is 6.54 Å². The van der Waals surface area contributed by atoms with Crippen molar-refractivity contribution in [3.05, 3.63) is 46.0 Å². The minimum Gasteiger partial charge on any atom is -0.465 e. The zero-order valence-corrected chi connectivity index (χ0v) is 10.9. The molecule has 0 aromatic carbocycles. The molecule has 0 aliphatic heterocycles. The van der Waals surface area contributed by atoms with Crippen LogP contribution in [-0.4, -0.2) is 21.2 Å². The van der Waals surface area contributed by atoms with Gasteiger partial charge in [-0.2, -0.15) is 4.68 Å². The number of nitrogens with zero attached hydrogens (tertiary/aromatic N) is 3. The van der Waals surface area contributed by atoms with E-state index in [1.165, 1.54) is 6.07 Å². The Hall–Kier alpha value is -2.15. The van der Waals surface area contributed by atoms with E-state index in [1.807, 2.05) is 26.0 Å². The van der Waals surface area contributed by atoms with Crippen LogP contribution in [0.25, 0.3) is 0 Å². The van der Waals surface area contributed by atoms with Crippen molar-refractivity contribution in [2.45, 2.75) is 26.4 Å². The first kappa shape index (κ1) is 13.3. The van der Waals surface area contributed by atoms with Crippen LogP contribution in [0.1, 0.15) is 24.5 Å². The lowest BCUT2D eigenvalue weighted by Gasteiger charge is -2.10. The second-order valence-corrected chi connectivity index (χ2v) is 4.32. The molecule has 102 valence electrons. The van der Waals surface area contributed by atoms with Gasteiger partial charge in [-0.05, 0) is 30.9 Å². The van der Waals surface area contributed by atoms with Crippen molar-refractivity contribution in [1.29, 1.82) is 0 Å². The third kappa shape index (κ3) is 3.41. The molecule has 0 radical (unpaired) electrons. The lowest BCUT2D eigenvalue weighted by atomic mass is 10.2. The number of nitro groups is 1. The van der Waals surface area contributed by atoms with Gasteiger partial charge >= 0.3 is 5.82 Å². The summed E-state index contributed by atoms with van der Waals surface area (Å²) < 4.78 is 7.06. The Morgan fingerprint density at radius 2 is 2.32 bits per heavy atom. The van der Waals surface area contributed by atoms with Gasteiger partial charge in [0.15, 0.2) is 0 Å². The van der Waals surface area contributed by atoms with Crippen LogP contribution in [0.4, 0.5) is 5.82 Å². The minimum absolute atomic E-state index is 0.0965. The van der Waals surface area contributed by atoms with Gasteiger partial charge in [0.1, 0.15) is 11.5 Å². The predicted octanol–water partition coefficient (Wildman–Crippen LogP) is 2.04. The summed E-state index contributed by atoms with van der Waals surface area (Å²) in [6.07, 6.45) is 1.60. The number of hydrogen-bond acceptors (Lipinski definition) is 5. The van der Waals surface area contributed by atoms with Crippen LogP contribution in [0.5, 0.6) is 0 Å². The third-order valence-electron chi connectivity index (χ3n) is 2.79. The van der Waals surface area contributed by atoms with E-state index < -0.39 is 4.92 Å². The Balaban J connectivity index is 1.81. The third-order valence-corrected chi connectivity index (χ3v) is 2.79. The molecular weight excluding hydrogens is 248 g/mol. The van der Waals surface area contributed by atoms with Crippen molar-refractivity contribution < 1.29 is 9.34 Å². The SMILES string of the molecule is Cc1ccc([C@H](C)NCCn2ccc([N+](=O)[O-])n2)o1. The van der Waals surface area contributed by atoms with Gasteiger partial charge < -0.3 is 19.8 Å². The zero-order valence-electron chi connectivity index (χ0n) is 10.9. The summed E-state index contributed by atoms with van der Waals surface area (Å²) in [4.78, 5) is 9.98. The Morgan fingerprint density at radius 3 is 2.89 bits per heavy atom. The summed E-state index contributed by atoms with van der Waals surface area (Å²) in [5.41, 5.74) is 0. The molecule has 2 rings (SSSR count). The summed E-state index contributed by atoms with van der Waals surface area (Å²) in [5, 5.41) is 17.6. The maximum atomic E-state index is 10.5. The molecule has 0 amide bonds. The summed E-state index contributed by atoms with van der Waals surface area (Å²) in [6, 6.07) is 5.34. The normalized spacial score (nSPS) is 12.5. The number of rotatable bonds is 6. The first-order valence-electron chi connectivity index (χ1n) is 6.04. The highest BCUT2D eigenvalue weighted by molar-refractivity contribution is 5.14. The van der Waals surface area contributed by atoms with E-state index in [0.29, 0.717) is 13.1 Å². The first-order chi connectivity index (χ1) is 9.06. The van der Waals surface area contributed by atoms with Crippen molar-refractivity contribution in [3.8, 4) is 0 Å². The van der Waals surface area contributed by atoms with E-state index in [1.54, 1.807) is 10.9 Å². The molecule has 1 atom stereocenters. The zero-order chi connectivity index (χ0) is 13.8. The summed E-state index contributed by atoms with van der Waals surface area (Å²) in [6.45, 7) is 5.13. The van der Waals surface area contributed by atoms with Crippen molar-refractivity contribution >= 4 is 5.82 Å². The van der Waals surface area contributed by atoms with Crippen molar-refractivity contribution in [2.75, 3.05) is 6.54 Å². The van der Waals surface area contributed by atoms with E-state index in [2.05, 4.69) is 10.4 Å². The highest BCUT2D eigenvalue weighted by atomic mass is 16.6. The van der Waals surface area contributed by atoms with Gasteiger partial charge in [-0.15, -0.1) is 0 Å². The molecule has 2 aromatic heterocycles. The summed E-state index contributed by atoms with van der Waals surface area (Å²) >= 11 is 0. The molecule has 7 heteroatoms. The smallest absolute Gasteiger partial charge is 0.389 e. The molecule has 0 spiro atoms. The van der Waals surface area contributed by atoms with Crippen LogP contribution in [0, 0.1) is 17.0 Å². The molecular formula is C12H16N4O3. The standard InChI is InChI=1S/C12H16N4O3/c1-9-3-4-11(19-9)10(2)13-6-8-15-7-5-12(14-15)16(17)18/h3-5,7,10,13H,6,8H2,1-2H3/t10-/m0/s1. The predicted molar refractivity (Wildman–Crippen MR) is 68.7 cm³/mol. The van der Waals surface area contributed by atoms with Crippen molar-refractivity contribution in [1.82, 2.24) is 15.1 Å². The molecule has 0 saturated carbocycles. The quantitative estimate of drug-likeness (QED) is 0.637. The summed E-state index contributed by atoms with van der Waals surface area (Å²) in [7, 11) is 0. The van der Waals surface area contributed by atoms with E-state index in [9.17, 15) is 10.1 Å². The number of furan rings is 1. The molecule has 2 heterocycles. The van der Waals surface area contributed by atoms with Gasteiger partial charge in [-0.3, -0.25) is 0 Å². The van der Waals surface area contributed by atoms with E-state index >= 15 is 0 Å². The molecule has 0 aliphatic carbocycles. The molecule has 0 unspecified atom stereocenters. The topological polar surface area (TPSA) is 86.1 Å². The molecule has 0 bridgehead atoms. The minimum atomic E-state index is -0.502. The lowest BCUT2D eigenvalue weighted by Crippen LogP contribution is -2.23. The molecule has 19 heavy (non-hydrogen) atoms. The molecule has 0 aliphatic rings. The van der Waals surface area contributed by atoms with Crippen LogP contribution in [0.3, 0.4) is 0 Å². The fourth-order valence-electron chi connectivity index (χ4n) is 1.76. The van der Waals surface area contributed by atoms with Gasteiger partial charge in [0.25, 0.3) is 0 Å². The van der Waals surface area contributed by atoms with E-state index in [0.717, 1.165) is 11.5 Å². The monoisotopic (exact) mass is 264 g/mol. The highest BCUT2D eigenvalue weighted by Gasteiger charge is 2.12. The lowest BCUT2D eigenvalue weighted by molar-refractivity contribution is -0.389. The average molecular weight is 264 g/mol. The maximum Gasteiger partial charge on any atom is 0.389 e. The highest BCUT2D eigenvalue weighted by Crippen LogP contribution is 2.15. The van der Waals surface area contributed by atoms with Crippen LogP contribution in [-0.2, 0) is 6.54 Å². The van der Waals surface area contributed by atoms with E-state index in [-0.39, 0.29) is 11.9 Å². The Kier molecular flexibility index (Phi) is 3.96. The molecule has 7 nitrogen and oxygen atoms in total. The fourth-order valence-corrected chi connectivity index (χ4v) is 1.76. The first-order valence-corrected chi connectivity index (χ1v) is 6.04. The molecule has 0 fully saturated rings. The maximum absolute atomic E-state index is 10.5. The van der Waals surface area contributed by atoms with Gasteiger partial charge in [-0.25, -0.2) is 0 Å². The number of aromatic nitrogens is 2. The summed E-state index contributed by atoms with van der Waals surface area (Å²) in [5.74, 6) is 1.63. The second-order valence-electron chi connectivity index (χ2n) is 4.32. The average Bonchev–Trinajstić information content (AvgIpc) is 2.98. The van der Waals surface area contributed by atoms with Gasteiger partial charge in [0.2, 0.25) is 0 Å². The number of nitrogens with one attached hydrogen (secondary N) is 1. The second kappa shape index (κ2) is 5.66. The Morgan fingerprint density at radius 1 is 1.53 bits per heavy atom. The van der Waals surface area contributed by atoms with Crippen molar-refractivity contribution in [3.63, 3.8) is 0 Å². The number of hydrogen-bond donors (Lipinski definition) is 1. The fraction of sp³-hybridized carbons (Fsp3) is 0.417. The Labute approximate surface area is 110 Å². The largest absolute Gasteiger partial charge is 0.465 e. The van der Waals surface area contributed by atoms with Gasteiger partial charge in [0.05, 0.1) is 29.9 Å². The van der Waals surface area contributed by atoms with E-state index in [4.69, 9.17) is 4.42 Å². The Bertz CT molecular complexity index is 561. The van der Waals surface area contributed by atoms with Crippen LogP contribution >= 0.6 is 0 Å². The molecule has 0 saturated heterocycles. The van der Waals surface area contributed by atoms with Crippen LogP contribution in [0.2, 0.25) is 0 Å². The van der Waals surface area contributed by atoms with Crippen molar-refractivity contribution in [2.24, 2.45) is 0 Å². The van der Waals surface area contributed by atoms with Gasteiger partial charge in [-0.1, -0.05) is 0 Å². The van der Waals surface area contributed by atoms with Crippen LogP contribution in [0.15, 0.2) is 28.8 Å². The molecule has 1 N–H and O–H groups in total. The van der Waals surface area contributed by atoms with Crippen LogP contribution < -0.4 is 5.32 Å². The molecule has 2 aromatic rings.